The first kappa shape index (κ1) is 17.1. The van der Waals surface area contributed by atoms with E-state index in [2.05, 4.69) is 4.74 Å². The maximum atomic E-state index is 13.6. The van der Waals surface area contributed by atoms with Gasteiger partial charge in [-0.15, -0.1) is 0 Å². The van der Waals surface area contributed by atoms with E-state index in [0.717, 1.165) is 12.1 Å². The van der Waals surface area contributed by atoms with Gasteiger partial charge >= 0.3 is 11.9 Å². The molecule has 2 N–H and O–H groups in total. The van der Waals surface area contributed by atoms with Crippen LogP contribution in [0, 0.1) is 12.7 Å². The summed E-state index contributed by atoms with van der Waals surface area (Å²) in [6.07, 6.45) is 0. The van der Waals surface area contributed by atoms with Gasteiger partial charge < -0.3 is 9.84 Å². The molecule has 1 rings (SSSR count). The van der Waals surface area contributed by atoms with Gasteiger partial charge in [-0.25, -0.2) is 17.6 Å². The fourth-order valence-electron chi connectivity index (χ4n) is 1.50. The van der Waals surface area contributed by atoms with Gasteiger partial charge in [-0.2, -0.15) is 4.72 Å². The highest BCUT2D eigenvalue weighted by Crippen LogP contribution is 2.20. The summed E-state index contributed by atoms with van der Waals surface area (Å²) in [5.41, 5.74) is -0.744. The molecule has 21 heavy (non-hydrogen) atoms. The number of ether oxygens (including phenoxy) is 1. The first-order chi connectivity index (χ1) is 9.69. The normalized spacial score (nSPS) is 11.2. The van der Waals surface area contributed by atoms with Crippen molar-refractivity contribution in [2.45, 2.75) is 18.7 Å². The third-order valence-corrected chi connectivity index (χ3v) is 4.07. The number of hydrogen-bond acceptors (Lipinski definition) is 5. The van der Waals surface area contributed by atoms with Gasteiger partial charge in [0.15, 0.2) is 0 Å². The number of nitrogens with one attached hydrogen (secondary N) is 1. The van der Waals surface area contributed by atoms with E-state index < -0.39 is 44.8 Å². The number of carbonyl (C=O) groups excluding carboxylic acids is 1. The van der Waals surface area contributed by atoms with E-state index in [0.29, 0.717) is 0 Å². The minimum atomic E-state index is -4.24. The lowest BCUT2D eigenvalue weighted by molar-refractivity contribution is -0.141. The Morgan fingerprint density at radius 2 is 2.00 bits per heavy atom. The number of halogens is 1. The minimum absolute atomic E-state index is 0.0860. The molecule has 0 amide bonds. The Labute approximate surface area is 120 Å². The van der Waals surface area contributed by atoms with Crippen LogP contribution in [0.1, 0.15) is 22.8 Å². The molecule has 0 aliphatic heterocycles. The molecule has 0 spiro atoms. The molecule has 0 aliphatic rings. The lowest BCUT2D eigenvalue weighted by Gasteiger charge is -2.10. The third kappa shape index (κ3) is 4.23. The number of carboxylic acid groups (broad SMARTS) is 1. The summed E-state index contributed by atoms with van der Waals surface area (Å²) in [6.45, 7) is 2.21. The van der Waals surface area contributed by atoms with Crippen LogP contribution in [-0.4, -0.2) is 38.6 Å². The molecule has 116 valence electrons. The van der Waals surface area contributed by atoms with Crippen LogP contribution in [0.2, 0.25) is 0 Å². The highest BCUT2D eigenvalue weighted by Gasteiger charge is 2.22. The largest absolute Gasteiger partial charge is 0.478 e. The van der Waals surface area contributed by atoms with E-state index in [1.807, 2.05) is 4.72 Å². The van der Waals surface area contributed by atoms with Gasteiger partial charge in [0.2, 0.25) is 10.0 Å². The number of sulfonamides is 1. The van der Waals surface area contributed by atoms with E-state index in [1.54, 1.807) is 6.92 Å². The topological polar surface area (TPSA) is 110 Å². The van der Waals surface area contributed by atoms with E-state index in [4.69, 9.17) is 5.11 Å². The highest BCUT2D eigenvalue weighted by atomic mass is 32.2. The molecule has 0 saturated carbocycles. The van der Waals surface area contributed by atoms with Crippen molar-refractivity contribution in [1.82, 2.24) is 4.72 Å². The van der Waals surface area contributed by atoms with Gasteiger partial charge in [-0.1, -0.05) is 0 Å². The molecule has 1 aromatic rings. The quantitative estimate of drug-likeness (QED) is 0.746. The SMILES string of the molecule is CCOC(=O)CNS(=O)(=O)c1cc(C(=O)O)cc(F)c1C. The second kappa shape index (κ2) is 6.64. The summed E-state index contributed by atoms with van der Waals surface area (Å²) in [4.78, 5) is 21.4. The Morgan fingerprint density at radius 3 is 2.52 bits per heavy atom. The minimum Gasteiger partial charge on any atom is -0.478 e. The molecule has 0 saturated heterocycles. The fraction of sp³-hybridized carbons (Fsp3) is 0.333. The zero-order valence-corrected chi connectivity index (χ0v) is 12.2. The molecule has 0 bridgehead atoms. The second-order valence-electron chi connectivity index (χ2n) is 4.02. The summed E-state index contributed by atoms with van der Waals surface area (Å²) in [6, 6.07) is 1.55. The number of rotatable bonds is 6. The third-order valence-electron chi connectivity index (χ3n) is 2.54. The van der Waals surface area contributed by atoms with Gasteiger partial charge in [0.05, 0.1) is 17.1 Å². The zero-order valence-electron chi connectivity index (χ0n) is 11.3. The molecular formula is C12H14FNO6S. The fourth-order valence-corrected chi connectivity index (χ4v) is 2.75. The van der Waals surface area contributed by atoms with Crippen molar-refractivity contribution in [1.29, 1.82) is 0 Å². The monoisotopic (exact) mass is 319 g/mol. The van der Waals surface area contributed by atoms with Gasteiger partial charge in [-0.3, -0.25) is 4.79 Å². The average molecular weight is 319 g/mol. The standard InChI is InChI=1S/C12H14FNO6S/c1-3-20-11(15)6-14-21(18,19)10-5-8(12(16)17)4-9(13)7(10)2/h4-5,14H,3,6H2,1-2H3,(H,16,17). The summed E-state index contributed by atoms with van der Waals surface area (Å²) < 4.78 is 44.1. The zero-order chi connectivity index (χ0) is 16.2. The molecule has 1 aromatic carbocycles. The molecule has 0 aromatic heterocycles. The van der Waals surface area contributed by atoms with E-state index >= 15 is 0 Å². The molecule has 7 nitrogen and oxygen atoms in total. The van der Waals surface area contributed by atoms with Crippen molar-refractivity contribution in [2.24, 2.45) is 0 Å². The molecule has 0 atom stereocenters. The number of carboxylic acids is 1. The van der Waals surface area contributed by atoms with E-state index in [9.17, 15) is 22.4 Å². The van der Waals surface area contributed by atoms with Crippen LogP contribution in [0.15, 0.2) is 17.0 Å². The van der Waals surface area contributed by atoms with Crippen LogP contribution in [0.25, 0.3) is 0 Å². The van der Waals surface area contributed by atoms with Crippen LogP contribution in [0.3, 0.4) is 0 Å². The van der Waals surface area contributed by atoms with Crippen molar-refractivity contribution in [3.05, 3.63) is 29.1 Å². The summed E-state index contributed by atoms with van der Waals surface area (Å²) in [7, 11) is -4.24. The first-order valence-electron chi connectivity index (χ1n) is 5.87. The Hall–Kier alpha value is -2.00. The van der Waals surface area contributed by atoms with Gasteiger partial charge in [0.1, 0.15) is 12.4 Å². The van der Waals surface area contributed by atoms with Crippen molar-refractivity contribution in [2.75, 3.05) is 13.2 Å². The van der Waals surface area contributed by atoms with Crippen LogP contribution in [0.5, 0.6) is 0 Å². The highest BCUT2D eigenvalue weighted by molar-refractivity contribution is 7.89. The smallest absolute Gasteiger partial charge is 0.335 e. The lowest BCUT2D eigenvalue weighted by atomic mass is 10.1. The molecule has 9 heteroatoms. The molecule has 0 unspecified atom stereocenters. The second-order valence-corrected chi connectivity index (χ2v) is 5.75. The molecular weight excluding hydrogens is 305 g/mol. The first-order valence-corrected chi connectivity index (χ1v) is 7.36. The number of benzene rings is 1. The van der Waals surface area contributed by atoms with Crippen molar-refractivity contribution in [3.8, 4) is 0 Å². The summed E-state index contributed by atoms with van der Waals surface area (Å²) in [5.74, 6) is -3.23. The predicted octanol–water partition coefficient (Wildman–Crippen LogP) is 0.674. The van der Waals surface area contributed by atoms with Gasteiger partial charge in [0, 0.05) is 5.56 Å². The maximum Gasteiger partial charge on any atom is 0.335 e. The molecule has 0 radical (unpaired) electrons. The molecule has 0 heterocycles. The van der Waals surface area contributed by atoms with Crippen molar-refractivity contribution < 1.29 is 32.2 Å². The van der Waals surface area contributed by atoms with Crippen LogP contribution in [-0.2, 0) is 19.6 Å². The number of esters is 1. The van der Waals surface area contributed by atoms with Gasteiger partial charge in [0.25, 0.3) is 0 Å². The van der Waals surface area contributed by atoms with Crippen LogP contribution < -0.4 is 4.72 Å². The molecule has 0 fully saturated rings. The summed E-state index contributed by atoms with van der Waals surface area (Å²) >= 11 is 0. The van der Waals surface area contributed by atoms with Gasteiger partial charge in [-0.05, 0) is 26.0 Å². The number of hydrogen-bond donors (Lipinski definition) is 2. The van der Waals surface area contributed by atoms with Crippen molar-refractivity contribution >= 4 is 22.0 Å². The Bertz CT molecular complexity index is 671. The Kier molecular flexibility index (Phi) is 5.39. The Balaban J connectivity index is 3.13. The summed E-state index contributed by atoms with van der Waals surface area (Å²) in [5, 5.41) is 8.82. The predicted molar refractivity (Wildman–Crippen MR) is 69.9 cm³/mol. The Morgan fingerprint density at radius 1 is 1.38 bits per heavy atom. The van der Waals surface area contributed by atoms with Crippen molar-refractivity contribution in [3.63, 3.8) is 0 Å². The maximum absolute atomic E-state index is 13.6. The number of carbonyl (C=O) groups is 2. The molecule has 0 aliphatic carbocycles. The van der Waals surface area contributed by atoms with E-state index in [1.165, 1.54) is 6.92 Å². The van der Waals surface area contributed by atoms with Crippen LogP contribution >= 0.6 is 0 Å². The van der Waals surface area contributed by atoms with Crippen LogP contribution in [0.4, 0.5) is 4.39 Å². The number of aromatic carboxylic acids is 1. The van der Waals surface area contributed by atoms with E-state index in [-0.39, 0.29) is 12.2 Å². The average Bonchev–Trinajstić information content (AvgIpc) is 2.39. The lowest BCUT2D eigenvalue weighted by Crippen LogP contribution is -2.31.